The molecule has 1 heterocycles. The molecular formula is C9H15NO2. The molecule has 68 valence electrons. The first-order valence-corrected chi connectivity index (χ1v) is 4.16. The summed E-state index contributed by atoms with van der Waals surface area (Å²) >= 11 is 0. The molecule has 0 radical (unpaired) electrons. The molecule has 0 aliphatic carbocycles. The SMILES string of the molecule is CCOC(C)C(N)c1ccco1. The van der Waals surface area contributed by atoms with E-state index in [1.165, 1.54) is 0 Å². The van der Waals surface area contributed by atoms with Crippen molar-refractivity contribution in [2.45, 2.75) is 26.0 Å². The Morgan fingerprint density at radius 1 is 1.67 bits per heavy atom. The van der Waals surface area contributed by atoms with Gasteiger partial charge in [0.2, 0.25) is 0 Å². The van der Waals surface area contributed by atoms with Gasteiger partial charge in [0, 0.05) is 6.61 Å². The second kappa shape index (κ2) is 4.28. The van der Waals surface area contributed by atoms with Crippen molar-refractivity contribution in [1.82, 2.24) is 0 Å². The zero-order chi connectivity index (χ0) is 8.97. The Bertz CT molecular complexity index is 208. The number of nitrogens with two attached hydrogens (primary N) is 1. The van der Waals surface area contributed by atoms with Gasteiger partial charge in [-0.3, -0.25) is 0 Å². The Hall–Kier alpha value is -0.800. The van der Waals surface area contributed by atoms with E-state index >= 15 is 0 Å². The summed E-state index contributed by atoms with van der Waals surface area (Å²) in [4.78, 5) is 0. The van der Waals surface area contributed by atoms with E-state index in [9.17, 15) is 0 Å². The molecule has 0 spiro atoms. The first kappa shape index (κ1) is 9.29. The molecule has 0 aliphatic rings. The van der Waals surface area contributed by atoms with Crippen molar-refractivity contribution >= 4 is 0 Å². The third-order valence-electron chi connectivity index (χ3n) is 1.81. The highest BCUT2D eigenvalue weighted by Crippen LogP contribution is 2.16. The quantitative estimate of drug-likeness (QED) is 0.746. The van der Waals surface area contributed by atoms with Gasteiger partial charge in [0.1, 0.15) is 5.76 Å². The second-order valence-corrected chi connectivity index (χ2v) is 2.70. The molecule has 2 N–H and O–H groups in total. The van der Waals surface area contributed by atoms with Gasteiger partial charge in [0.15, 0.2) is 0 Å². The van der Waals surface area contributed by atoms with E-state index in [-0.39, 0.29) is 12.1 Å². The summed E-state index contributed by atoms with van der Waals surface area (Å²) < 4.78 is 10.5. The van der Waals surface area contributed by atoms with Crippen LogP contribution in [0.15, 0.2) is 22.8 Å². The Morgan fingerprint density at radius 2 is 2.42 bits per heavy atom. The predicted molar refractivity (Wildman–Crippen MR) is 46.7 cm³/mol. The van der Waals surface area contributed by atoms with E-state index in [4.69, 9.17) is 14.9 Å². The lowest BCUT2D eigenvalue weighted by atomic mass is 10.1. The average Bonchev–Trinajstić information content (AvgIpc) is 2.55. The van der Waals surface area contributed by atoms with Crippen LogP contribution < -0.4 is 5.73 Å². The predicted octanol–water partition coefficient (Wildman–Crippen LogP) is 1.70. The van der Waals surface area contributed by atoms with Crippen molar-refractivity contribution < 1.29 is 9.15 Å². The van der Waals surface area contributed by atoms with Crippen molar-refractivity contribution in [1.29, 1.82) is 0 Å². The first-order valence-electron chi connectivity index (χ1n) is 4.16. The molecule has 0 aromatic carbocycles. The minimum atomic E-state index is -0.167. The molecule has 0 bridgehead atoms. The molecule has 3 nitrogen and oxygen atoms in total. The summed E-state index contributed by atoms with van der Waals surface area (Å²) in [6, 6.07) is 3.52. The number of hydrogen-bond acceptors (Lipinski definition) is 3. The number of rotatable bonds is 4. The van der Waals surface area contributed by atoms with E-state index < -0.39 is 0 Å². The van der Waals surface area contributed by atoms with Crippen LogP contribution >= 0.6 is 0 Å². The van der Waals surface area contributed by atoms with E-state index in [0.717, 1.165) is 5.76 Å². The summed E-state index contributed by atoms with van der Waals surface area (Å²) in [6.45, 7) is 4.57. The molecule has 2 atom stereocenters. The van der Waals surface area contributed by atoms with Crippen molar-refractivity contribution in [3.8, 4) is 0 Å². The van der Waals surface area contributed by atoms with Crippen LogP contribution in [-0.2, 0) is 4.74 Å². The zero-order valence-electron chi connectivity index (χ0n) is 7.49. The molecule has 1 aromatic rings. The summed E-state index contributed by atoms with van der Waals surface area (Å²) in [5, 5.41) is 0. The second-order valence-electron chi connectivity index (χ2n) is 2.70. The van der Waals surface area contributed by atoms with Crippen molar-refractivity contribution in [2.24, 2.45) is 5.73 Å². The van der Waals surface area contributed by atoms with Gasteiger partial charge in [-0.15, -0.1) is 0 Å². The molecule has 12 heavy (non-hydrogen) atoms. The lowest BCUT2D eigenvalue weighted by Crippen LogP contribution is -2.25. The largest absolute Gasteiger partial charge is 0.468 e. The summed E-state index contributed by atoms with van der Waals surface area (Å²) in [5.74, 6) is 0.774. The molecule has 3 heteroatoms. The van der Waals surface area contributed by atoms with Crippen molar-refractivity contribution in [3.63, 3.8) is 0 Å². The van der Waals surface area contributed by atoms with E-state index in [1.807, 2.05) is 26.0 Å². The van der Waals surface area contributed by atoms with Crippen LogP contribution in [0.2, 0.25) is 0 Å². The number of hydrogen-bond donors (Lipinski definition) is 1. The fourth-order valence-electron chi connectivity index (χ4n) is 1.08. The van der Waals surface area contributed by atoms with Gasteiger partial charge >= 0.3 is 0 Å². The Balaban J connectivity index is 2.53. The van der Waals surface area contributed by atoms with Crippen LogP contribution in [0.4, 0.5) is 0 Å². The van der Waals surface area contributed by atoms with Gasteiger partial charge in [-0.1, -0.05) is 0 Å². The van der Waals surface area contributed by atoms with Gasteiger partial charge in [0.05, 0.1) is 18.4 Å². The highest BCUT2D eigenvalue weighted by molar-refractivity contribution is 5.04. The molecule has 0 fully saturated rings. The Labute approximate surface area is 72.5 Å². The molecule has 1 rings (SSSR count). The fourth-order valence-corrected chi connectivity index (χ4v) is 1.08. The standard InChI is InChI=1S/C9H15NO2/c1-3-11-7(2)9(10)8-5-4-6-12-8/h4-7,9H,3,10H2,1-2H3. The number of furan rings is 1. The van der Waals surface area contributed by atoms with Crippen LogP contribution in [0.25, 0.3) is 0 Å². The minimum absolute atomic E-state index is 0.00106. The molecule has 0 saturated carbocycles. The first-order chi connectivity index (χ1) is 5.75. The molecule has 2 unspecified atom stereocenters. The Kier molecular flexibility index (Phi) is 3.31. The fraction of sp³-hybridized carbons (Fsp3) is 0.556. The maximum Gasteiger partial charge on any atom is 0.123 e. The lowest BCUT2D eigenvalue weighted by molar-refractivity contribution is 0.0523. The molecule has 1 aromatic heterocycles. The third-order valence-corrected chi connectivity index (χ3v) is 1.81. The highest BCUT2D eigenvalue weighted by atomic mass is 16.5. The Morgan fingerprint density at radius 3 is 2.92 bits per heavy atom. The molecular weight excluding hydrogens is 154 g/mol. The summed E-state index contributed by atoms with van der Waals surface area (Å²) in [7, 11) is 0. The minimum Gasteiger partial charge on any atom is -0.468 e. The highest BCUT2D eigenvalue weighted by Gasteiger charge is 2.16. The van der Waals surface area contributed by atoms with Crippen molar-refractivity contribution in [3.05, 3.63) is 24.2 Å². The van der Waals surface area contributed by atoms with Crippen LogP contribution in [-0.4, -0.2) is 12.7 Å². The van der Waals surface area contributed by atoms with Crippen LogP contribution in [0.3, 0.4) is 0 Å². The van der Waals surface area contributed by atoms with Crippen LogP contribution in [0.5, 0.6) is 0 Å². The topological polar surface area (TPSA) is 48.4 Å². The van der Waals surface area contributed by atoms with Gasteiger partial charge in [0.25, 0.3) is 0 Å². The molecule has 0 aliphatic heterocycles. The zero-order valence-corrected chi connectivity index (χ0v) is 7.49. The smallest absolute Gasteiger partial charge is 0.123 e. The van der Waals surface area contributed by atoms with E-state index in [2.05, 4.69) is 0 Å². The molecule has 0 saturated heterocycles. The van der Waals surface area contributed by atoms with E-state index in [1.54, 1.807) is 6.26 Å². The summed E-state index contributed by atoms with van der Waals surface area (Å²) in [5.41, 5.74) is 5.85. The monoisotopic (exact) mass is 169 g/mol. The molecule has 0 amide bonds. The van der Waals surface area contributed by atoms with Gasteiger partial charge in [-0.25, -0.2) is 0 Å². The number of ether oxygens (including phenoxy) is 1. The van der Waals surface area contributed by atoms with E-state index in [0.29, 0.717) is 6.61 Å². The van der Waals surface area contributed by atoms with Crippen molar-refractivity contribution in [2.75, 3.05) is 6.61 Å². The lowest BCUT2D eigenvalue weighted by Gasteiger charge is -2.17. The maximum absolute atomic E-state index is 5.85. The maximum atomic E-state index is 5.85. The normalized spacial score (nSPS) is 15.9. The van der Waals surface area contributed by atoms with Gasteiger partial charge in [-0.2, -0.15) is 0 Å². The average molecular weight is 169 g/mol. The van der Waals surface area contributed by atoms with Gasteiger partial charge in [-0.05, 0) is 26.0 Å². The van der Waals surface area contributed by atoms with Gasteiger partial charge < -0.3 is 14.9 Å². The van der Waals surface area contributed by atoms with Crippen LogP contribution in [0.1, 0.15) is 25.6 Å². The summed E-state index contributed by atoms with van der Waals surface area (Å²) in [6.07, 6.45) is 1.62. The van der Waals surface area contributed by atoms with Crippen LogP contribution in [0, 0.1) is 0 Å². The third kappa shape index (κ3) is 2.09.